The number of hydrogen-bond donors (Lipinski definition) is 4. The summed E-state index contributed by atoms with van der Waals surface area (Å²) in [7, 11) is 0. The molecule has 348 valence electrons. The van der Waals surface area contributed by atoms with E-state index in [9.17, 15) is 33.6 Å². The number of carboxylic acids is 1. The molecule has 16 nitrogen and oxygen atoms in total. The molecule has 0 saturated carbocycles. The first-order valence-electron chi connectivity index (χ1n) is 22.2. The monoisotopic (exact) mass is 858 g/mol. The standard InChI is InChI=1S/C44H79N3O13/c1-43(2,3)59-41(54)23-20-18-16-14-12-10-8-7-9-11-13-15-17-19-22-37(49)46-35(42(55)60-44(4,5)6)24-25-36(48)45-28-21-29-56-30-31-57-32-33-58-34-39(51)47-38(50)26-27-40(52)53/h35H,7-34H2,1-6H3,(H,45,48)(H,46,49)(H,52,53)(H,47,50,51). The zero-order valence-corrected chi connectivity index (χ0v) is 37.7. The van der Waals surface area contributed by atoms with E-state index in [0.29, 0.717) is 39.0 Å². The minimum Gasteiger partial charge on any atom is -0.481 e. The van der Waals surface area contributed by atoms with E-state index in [0.717, 1.165) is 38.5 Å². The number of unbranched alkanes of at least 4 members (excludes halogenated alkanes) is 13. The lowest BCUT2D eigenvalue weighted by Gasteiger charge is -2.24. The van der Waals surface area contributed by atoms with Crippen LogP contribution >= 0.6 is 0 Å². The van der Waals surface area contributed by atoms with E-state index >= 15 is 0 Å². The molecular weight excluding hydrogens is 778 g/mol. The summed E-state index contributed by atoms with van der Waals surface area (Å²) in [5, 5.41) is 16.2. The maximum Gasteiger partial charge on any atom is 0.329 e. The zero-order chi connectivity index (χ0) is 45.1. The summed E-state index contributed by atoms with van der Waals surface area (Å²) in [6.45, 7) is 12.3. The van der Waals surface area contributed by atoms with Crippen molar-refractivity contribution in [2.45, 2.75) is 194 Å². The van der Waals surface area contributed by atoms with Crippen molar-refractivity contribution in [3.05, 3.63) is 0 Å². The van der Waals surface area contributed by atoms with E-state index in [4.69, 9.17) is 28.8 Å². The van der Waals surface area contributed by atoms with Crippen LogP contribution in [0.5, 0.6) is 0 Å². The number of nitrogens with one attached hydrogen (secondary N) is 3. The largest absolute Gasteiger partial charge is 0.481 e. The Morgan fingerprint density at radius 1 is 0.483 bits per heavy atom. The van der Waals surface area contributed by atoms with Gasteiger partial charge in [-0.3, -0.25) is 34.1 Å². The molecule has 0 aliphatic rings. The highest BCUT2D eigenvalue weighted by molar-refractivity contribution is 5.96. The number of esters is 2. The van der Waals surface area contributed by atoms with Crippen molar-refractivity contribution in [2.75, 3.05) is 46.2 Å². The van der Waals surface area contributed by atoms with Crippen LogP contribution in [0, 0.1) is 0 Å². The molecule has 0 spiro atoms. The summed E-state index contributed by atoms with van der Waals surface area (Å²) < 4.78 is 26.8. The Kier molecular flexibility index (Phi) is 32.9. The maximum absolute atomic E-state index is 12.9. The fraction of sp³-hybridized carbons (Fsp3) is 0.841. The molecular formula is C44H79N3O13. The summed E-state index contributed by atoms with van der Waals surface area (Å²) in [5.41, 5.74) is -1.14. The number of aliphatic carboxylic acids is 1. The van der Waals surface area contributed by atoms with Crippen LogP contribution in [0.1, 0.15) is 176 Å². The predicted molar refractivity (Wildman–Crippen MR) is 227 cm³/mol. The molecule has 4 amide bonds. The third-order valence-electron chi connectivity index (χ3n) is 8.75. The van der Waals surface area contributed by atoms with Crippen LogP contribution in [0.3, 0.4) is 0 Å². The first-order valence-corrected chi connectivity index (χ1v) is 22.2. The fourth-order valence-electron chi connectivity index (χ4n) is 5.80. The molecule has 0 aromatic carbocycles. The Balaban J connectivity index is 4.00. The van der Waals surface area contributed by atoms with E-state index < -0.39 is 41.0 Å². The van der Waals surface area contributed by atoms with Gasteiger partial charge in [-0.15, -0.1) is 0 Å². The van der Waals surface area contributed by atoms with Gasteiger partial charge in [0.1, 0.15) is 23.9 Å². The van der Waals surface area contributed by atoms with Gasteiger partial charge in [-0.2, -0.15) is 0 Å². The van der Waals surface area contributed by atoms with E-state index in [1.807, 2.05) is 26.1 Å². The Labute approximate surface area is 359 Å². The number of hydrogen-bond acceptors (Lipinski definition) is 12. The quantitative estimate of drug-likeness (QED) is 0.0402. The minimum absolute atomic E-state index is 0.0427. The zero-order valence-electron chi connectivity index (χ0n) is 37.7. The van der Waals surface area contributed by atoms with Crippen molar-refractivity contribution in [1.29, 1.82) is 0 Å². The van der Waals surface area contributed by atoms with Gasteiger partial charge in [0, 0.05) is 38.8 Å². The van der Waals surface area contributed by atoms with Crippen molar-refractivity contribution >= 4 is 41.5 Å². The average molecular weight is 858 g/mol. The molecule has 4 N–H and O–H groups in total. The Hall–Kier alpha value is -3.63. The minimum atomic E-state index is -1.13. The van der Waals surface area contributed by atoms with E-state index in [2.05, 4.69) is 10.6 Å². The van der Waals surface area contributed by atoms with Crippen molar-refractivity contribution in [3.8, 4) is 0 Å². The van der Waals surface area contributed by atoms with Crippen LogP contribution in [-0.4, -0.2) is 110 Å². The van der Waals surface area contributed by atoms with E-state index in [1.54, 1.807) is 20.8 Å². The van der Waals surface area contributed by atoms with Gasteiger partial charge in [-0.1, -0.05) is 77.0 Å². The second-order valence-electron chi connectivity index (χ2n) is 17.1. The maximum atomic E-state index is 12.9. The van der Waals surface area contributed by atoms with Crippen LogP contribution in [-0.2, 0) is 57.2 Å². The molecule has 0 radical (unpaired) electrons. The van der Waals surface area contributed by atoms with Gasteiger partial charge >= 0.3 is 17.9 Å². The summed E-state index contributed by atoms with van der Waals surface area (Å²) in [6.07, 6.45) is 16.6. The summed E-state index contributed by atoms with van der Waals surface area (Å²) in [5.74, 6) is -3.61. The normalized spacial score (nSPS) is 12.0. The lowest BCUT2D eigenvalue weighted by Crippen LogP contribution is -2.44. The van der Waals surface area contributed by atoms with Crippen molar-refractivity contribution in [3.63, 3.8) is 0 Å². The topological polar surface area (TPSA) is 222 Å². The molecule has 0 aliphatic carbocycles. The van der Waals surface area contributed by atoms with E-state index in [1.165, 1.54) is 51.4 Å². The van der Waals surface area contributed by atoms with Crippen LogP contribution in [0.25, 0.3) is 0 Å². The molecule has 1 unspecified atom stereocenters. The van der Waals surface area contributed by atoms with Gasteiger partial charge < -0.3 is 39.4 Å². The molecule has 0 saturated heterocycles. The molecule has 0 aromatic rings. The summed E-state index contributed by atoms with van der Waals surface area (Å²) >= 11 is 0. The molecule has 0 aliphatic heterocycles. The van der Waals surface area contributed by atoms with Gasteiger partial charge in [0.05, 0.1) is 32.8 Å². The summed E-state index contributed by atoms with van der Waals surface area (Å²) in [4.78, 5) is 83.3. The number of rotatable bonds is 37. The number of carbonyl (C=O) groups excluding carboxylic acids is 6. The molecule has 0 rings (SSSR count). The van der Waals surface area contributed by atoms with Crippen LogP contribution in [0.15, 0.2) is 0 Å². The Bertz CT molecular complexity index is 1230. The van der Waals surface area contributed by atoms with Gasteiger partial charge in [-0.25, -0.2) is 4.79 Å². The second kappa shape index (κ2) is 35.0. The SMILES string of the molecule is CC(C)(C)OC(=O)CCCCCCCCCCCCCCCCC(=O)NC(CCC(=O)NCCCOCCOCCOCC(=O)NC(=O)CCC(=O)O)C(=O)OC(C)(C)C. The first kappa shape index (κ1) is 56.4. The van der Waals surface area contributed by atoms with Crippen LogP contribution < -0.4 is 16.0 Å². The number of carboxylic acid groups (broad SMARTS) is 1. The molecule has 0 aromatic heterocycles. The smallest absolute Gasteiger partial charge is 0.329 e. The van der Waals surface area contributed by atoms with Gasteiger partial charge in [0.2, 0.25) is 17.7 Å². The highest BCUT2D eigenvalue weighted by Gasteiger charge is 2.27. The third kappa shape index (κ3) is 39.8. The molecule has 1 atom stereocenters. The average Bonchev–Trinajstić information content (AvgIpc) is 3.14. The highest BCUT2D eigenvalue weighted by Crippen LogP contribution is 2.16. The predicted octanol–water partition coefficient (Wildman–Crippen LogP) is 6.24. The van der Waals surface area contributed by atoms with Crippen molar-refractivity contribution < 1.29 is 62.4 Å². The molecule has 60 heavy (non-hydrogen) atoms. The number of amides is 4. The molecule has 0 bridgehead atoms. The van der Waals surface area contributed by atoms with Gasteiger partial charge in [0.15, 0.2) is 0 Å². The van der Waals surface area contributed by atoms with Gasteiger partial charge in [-0.05, 0) is 67.2 Å². The number of imide groups is 1. The van der Waals surface area contributed by atoms with Crippen molar-refractivity contribution in [1.82, 2.24) is 16.0 Å². The third-order valence-corrected chi connectivity index (χ3v) is 8.75. The summed E-state index contributed by atoms with van der Waals surface area (Å²) in [6, 6.07) is -0.919. The highest BCUT2D eigenvalue weighted by atomic mass is 16.6. The molecule has 16 heteroatoms. The first-order chi connectivity index (χ1) is 28.4. The van der Waals surface area contributed by atoms with Crippen LogP contribution in [0.4, 0.5) is 0 Å². The lowest BCUT2D eigenvalue weighted by atomic mass is 10.0. The molecule has 0 fully saturated rings. The second-order valence-corrected chi connectivity index (χ2v) is 17.1. The number of carbonyl (C=O) groups is 7. The molecule has 0 heterocycles. The van der Waals surface area contributed by atoms with E-state index in [-0.39, 0.29) is 69.9 Å². The van der Waals surface area contributed by atoms with Crippen molar-refractivity contribution in [2.24, 2.45) is 0 Å². The van der Waals surface area contributed by atoms with Crippen LogP contribution in [0.2, 0.25) is 0 Å². The number of ether oxygens (including phenoxy) is 5. The fourth-order valence-corrected chi connectivity index (χ4v) is 5.80. The Morgan fingerprint density at radius 3 is 1.48 bits per heavy atom. The lowest BCUT2D eigenvalue weighted by molar-refractivity contribution is -0.159. The Morgan fingerprint density at radius 2 is 0.967 bits per heavy atom. The van der Waals surface area contributed by atoms with Gasteiger partial charge in [0.25, 0.3) is 5.91 Å².